The molecule has 3 rings (SSSR count). The molecule has 2 heterocycles. The quantitative estimate of drug-likeness (QED) is 0.629. The van der Waals surface area contributed by atoms with Gasteiger partial charge < -0.3 is 4.57 Å². The van der Waals surface area contributed by atoms with E-state index in [1.54, 1.807) is 11.3 Å². The van der Waals surface area contributed by atoms with E-state index in [9.17, 15) is 0 Å². The van der Waals surface area contributed by atoms with Gasteiger partial charge in [0.05, 0.1) is 17.4 Å². The molecule has 0 bridgehead atoms. The van der Waals surface area contributed by atoms with Crippen LogP contribution >= 0.6 is 11.3 Å². The second-order valence-electron chi connectivity index (χ2n) is 7.12. The van der Waals surface area contributed by atoms with Gasteiger partial charge in [-0.2, -0.15) is 0 Å². The number of para-hydroxylation sites is 1. The molecule has 0 saturated carbocycles. The van der Waals surface area contributed by atoms with Crippen LogP contribution in [0.1, 0.15) is 32.6 Å². The fraction of sp³-hybridized carbons (Fsp3) is 0.400. The molecule has 0 amide bonds. The van der Waals surface area contributed by atoms with Crippen LogP contribution in [0.3, 0.4) is 0 Å². The van der Waals surface area contributed by atoms with Crippen molar-refractivity contribution in [3.8, 4) is 0 Å². The highest BCUT2D eigenvalue weighted by Gasteiger charge is 2.07. The molecule has 3 aromatic rings. The van der Waals surface area contributed by atoms with E-state index in [0.29, 0.717) is 11.8 Å². The molecule has 0 saturated heterocycles. The zero-order chi connectivity index (χ0) is 17.1. The van der Waals surface area contributed by atoms with Gasteiger partial charge in [-0.05, 0) is 30.4 Å². The summed E-state index contributed by atoms with van der Waals surface area (Å²) >= 11 is 1.80. The maximum atomic E-state index is 4.89. The molecule has 0 N–H and O–H groups in total. The molecular formula is C20H25N3S. The first-order valence-electron chi connectivity index (χ1n) is 8.60. The van der Waals surface area contributed by atoms with Crippen LogP contribution in [-0.4, -0.2) is 9.55 Å². The van der Waals surface area contributed by atoms with Gasteiger partial charge in [0, 0.05) is 23.0 Å². The van der Waals surface area contributed by atoms with Crippen molar-refractivity contribution >= 4 is 27.9 Å². The molecule has 0 aliphatic rings. The van der Waals surface area contributed by atoms with Gasteiger partial charge in [-0.3, -0.25) is 4.98 Å². The lowest BCUT2D eigenvalue weighted by atomic mass is 10.1. The van der Waals surface area contributed by atoms with Crippen LogP contribution in [-0.2, 0) is 13.0 Å². The lowest BCUT2D eigenvalue weighted by Gasteiger charge is -2.06. The van der Waals surface area contributed by atoms with Gasteiger partial charge in [-0.25, -0.2) is 4.99 Å². The fourth-order valence-corrected chi connectivity index (χ4v) is 4.00. The maximum absolute atomic E-state index is 4.89. The monoisotopic (exact) mass is 339 g/mol. The Morgan fingerprint density at radius 2 is 1.92 bits per heavy atom. The highest BCUT2D eigenvalue weighted by molar-refractivity contribution is 7.09. The van der Waals surface area contributed by atoms with Crippen molar-refractivity contribution in [2.24, 2.45) is 16.8 Å². The van der Waals surface area contributed by atoms with Crippen molar-refractivity contribution in [1.29, 1.82) is 0 Å². The first-order valence-corrected chi connectivity index (χ1v) is 9.41. The standard InChI is InChI=1S/C20H25N3S/c1-14(2)9-18-13-23(12-15(3)4)20(24-18)22-17-10-16-7-5-6-8-19(16)21-11-17/h5-8,10-11,13-15H,9,12H2,1-4H3. The topological polar surface area (TPSA) is 30.2 Å². The van der Waals surface area contributed by atoms with Gasteiger partial charge in [0.15, 0.2) is 4.80 Å². The number of thiazole rings is 1. The smallest absolute Gasteiger partial charge is 0.190 e. The molecule has 2 aromatic heterocycles. The molecule has 0 atom stereocenters. The van der Waals surface area contributed by atoms with Crippen LogP contribution in [0.25, 0.3) is 10.9 Å². The van der Waals surface area contributed by atoms with Gasteiger partial charge in [0.25, 0.3) is 0 Å². The van der Waals surface area contributed by atoms with Gasteiger partial charge in [0.2, 0.25) is 0 Å². The van der Waals surface area contributed by atoms with E-state index in [4.69, 9.17) is 4.99 Å². The van der Waals surface area contributed by atoms with Crippen molar-refractivity contribution in [1.82, 2.24) is 9.55 Å². The third-order valence-corrected chi connectivity index (χ3v) is 4.78. The number of nitrogens with zero attached hydrogens (tertiary/aromatic N) is 3. The molecular weight excluding hydrogens is 314 g/mol. The van der Waals surface area contributed by atoms with Gasteiger partial charge in [0.1, 0.15) is 0 Å². The zero-order valence-corrected chi connectivity index (χ0v) is 15.7. The van der Waals surface area contributed by atoms with E-state index in [2.05, 4.69) is 55.6 Å². The van der Waals surface area contributed by atoms with Crippen molar-refractivity contribution in [3.05, 3.63) is 52.4 Å². The van der Waals surface area contributed by atoms with Crippen LogP contribution < -0.4 is 4.80 Å². The molecule has 0 unspecified atom stereocenters. The molecule has 0 fully saturated rings. The van der Waals surface area contributed by atoms with E-state index in [1.807, 2.05) is 24.4 Å². The van der Waals surface area contributed by atoms with E-state index >= 15 is 0 Å². The SMILES string of the molecule is CC(C)Cc1cn(CC(C)C)c(=Nc2cnc3ccccc3c2)s1. The number of benzene rings is 1. The summed E-state index contributed by atoms with van der Waals surface area (Å²) in [5, 5.41) is 1.13. The normalized spacial score (nSPS) is 12.7. The van der Waals surface area contributed by atoms with E-state index in [-0.39, 0.29) is 0 Å². The highest BCUT2D eigenvalue weighted by atomic mass is 32.1. The Morgan fingerprint density at radius 3 is 2.67 bits per heavy atom. The van der Waals surface area contributed by atoms with Gasteiger partial charge >= 0.3 is 0 Å². The molecule has 126 valence electrons. The van der Waals surface area contributed by atoms with E-state index < -0.39 is 0 Å². The summed E-state index contributed by atoms with van der Waals surface area (Å²) < 4.78 is 2.29. The Kier molecular flexibility index (Phi) is 5.14. The molecule has 1 aromatic carbocycles. The Morgan fingerprint density at radius 1 is 1.12 bits per heavy atom. The summed E-state index contributed by atoms with van der Waals surface area (Å²) in [6.45, 7) is 10.0. The summed E-state index contributed by atoms with van der Waals surface area (Å²) in [6.07, 6.45) is 5.25. The number of rotatable bonds is 5. The summed E-state index contributed by atoms with van der Waals surface area (Å²) in [4.78, 5) is 11.9. The molecule has 0 spiro atoms. The van der Waals surface area contributed by atoms with Gasteiger partial charge in [-0.1, -0.05) is 45.9 Å². The number of hydrogen-bond donors (Lipinski definition) is 0. The summed E-state index contributed by atoms with van der Waals surface area (Å²) in [6, 6.07) is 10.3. The van der Waals surface area contributed by atoms with Crippen molar-refractivity contribution in [2.75, 3.05) is 0 Å². The second-order valence-corrected chi connectivity index (χ2v) is 8.22. The molecule has 0 radical (unpaired) electrons. The Hall–Kier alpha value is -1.94. The van der Waals surface area contributed by atoms with Crippen LogP contribution in [0.4, 0.5) is 5.69 Å². The predicted octanol–water partition coefficient (Wildman–Crippen LogP) is 5.18. The Labute approximate surface area is 147 Å². The van der Waals surface area contributed by atoms with Crippen molar-refractivity contribution < 1.29 is 0 Å². The average molecular weight is 340 g/mol. The summed E-state index contributed by atoms with van der Waals surface area (Å²) in [5.41, 5.74) is 1.93. The summed E-state index contributed by atoms with van der Waals surface area (Å²) in [7, 11) is 0. The van der Waals surface area contributed by atoms with Crippen LogP contribution in [0.5, 0.6) is 0 Å². The minimum atomic E-state index is 0.597. The first-order chi connectivity index (χ1) is 11.5. The van der Waals surface area contributed by atoms with Crippen LogP contribution in [0.15, 0.2) is 47.7 Å². The maximum Gasteiger partial charge on any atom is 0.190 e. The number of aromatic nitrogens is 2. The van der Waals surface area contributed by atoms with Crippen LogP contribution in [0.2, 0.25) is 0 Å². The fourth-order valence-electron chi connectivity index (χ4n) is 2.77. The summed E-state index contributed by atoms with van der Waals surface area (Å²) in [5.74, 6) is 1.26. The zero-order valence-electron chi connectivity index (χ0n) is 14.9. The molecule has 4 heteroatoms. The lowest BCUT2D eigenvalue weighted by molar-refractivity contribution is 0.512. The van der Waals surface area contributed by atoms with Gasteiger partial charge in [-0.15, -0.1) is 11.3 Å². The third-order valence-electron chi connectivity index (χ3n) is 3.74. The third kappa shape index (κ3) is 4.12. The Balaban J connectivity index is 2.03. The number of hydrogen-bond acceptors (Lipinski definition) is 3. The van der Waals surface area contributed by atoms with E-state index in [1.165, 1.54) is 4.88 Å². The molecule has 0 aliphatic carbocycles. The number of pyridine rings is 1. The minimum absolute atomic E-state index is 0.597. The first kappa shape index (κ1) is 16.9. The highest BCUT2D eigenvalue weighted by Crippen LogP contribution is 2.19. The van der Waals surface area contributed by atoms with Crippen molar-refractivity contribution in [3.63, 3.8) is 0 Å². The number of fused-ring (bicyclic) bond motifs is 1. The van der Waals surface area contributed by atoms with Crippen molar-refractivity contribution in [2.45, 2.75) is 40.7 Å². The Bertz CT molecular complexity index is 887. The van der Waals surface area contributed by atoms with Crippen LogP contribution in [0, 0.1) is 11.8 Å². The molecule has 0 aliphatic heterocycles. The van der Waals surface area contributed by atoms with E-state index in [0.717, 1.165) is 34.4 Å². The molecule has 24 heavy (non-hydrogen) atoms. The largest absolute Gasteiger partial charge is 0.323 e. The molecule has 3 nitrogen and oxygen atoms in total. The minimum Gasteiger partial charge on any atom is -0.323 e. The lowest BCUT2D eigenvalue weighted by Crippen LogP contribution is -2.16. The predicted molar refractivity (Wildman–Crippen MR) is 103 cm³/mol. The second kappa shape index (κ2) is 7.31. The average Bonchev–Trinajstić information content (AvgIpc) is 2.86.